The fourth-order valence-electron chi connectivity index (χ4n) is 3.68. The van der Waals surface area contributed by atoms with E-state index in [0.29, 0.717) is 32.2 Å². The summed E-state index contributed by atoms with van der Waals surface area (Å²) in [6, 6.07) is 1.72. The summed E-state index contributed by atoms with van der Waals surface area (Å²) in [4.78, 5) is 30.9. The van der Waals surface area contributed by atoms with Gasteiger partial charge < -0.3 is 19.8 Å². The van der Waals surface area contributed by atoms with Crippen molar-refractivity contribution in [1.29, 1.82) is 0 Å². The van der Waals surface area contributed by atoms with E-state index in [1.165, 1.54) is 0 Å². The zero-order valence-corrected chi connectivity index (χ0v) is 15.0. The maximum Gasteiger partial charge on any atom is 0.345 e. The Morgan fingerprint density at radius 3 is 2.88 bits per heavy atom. The van der Waals surface area contributed by atoms with E-state index < -0.39 is 5.69 Å². The lowest BCUT2D eigenvalue weighted by atomic mass is 9.84. The highest BCUT2D eigenvalue weighted by Crippen LogP contribution is 2.34. The number of carbonyl (C=O) groups excluding carboxylic acids is 1. The number of aromatic nitrogens is 2. The molecule has 7 nitrogen and oxygen atoms in total. The average molecular weight is 349 g/mol. The number of aromatic amines is 1. The molecule has 7 heteroatoms. The molecule has 138 valence electrons. The van der Waals surface area contributed by atoms with Crippen LogP contribution in [0.3, 0.4) is 0 Å². The molecule has 3 heterocycles. The zero-order chi connectivity index (χ0) is 17.9. The van der Waals surface area contributed by atoms with Crippen LogP contribution in [0.1, 0.15) is 55.7 Å². The topological polar surface area (TPSA) is 93.3 Å². The fourth-order valence-corrected chi connectivity index (χ4v) is 3.68. The van der Waals surface area contributed by atoms with Gasteiger partial charge in [-0.3, -0.25) is 4.79 Å². The molecule has 0 bridgehead atoms. The Morgan fingerprint density at radius 1 is 1.40 bits per heavy atom. The molecule has 2 fully saturated rings. The summed E-state index contributed by atoms with van der Waals surface area (Å²) in [6.07, 6.45) is 3.99. The highest BCUT2D eigenvalue weighted by molar-refractivity contribution is 5.92. The van der Waals surface area contributed by atoms with E-state index in [-0.39, 0.29) is 23.2 Å². The maximum absolute atomic E-state index is 12.6. The predicted octanol–water partition coefficient (Wildman–Crippen LogP) is 1.43. The van der Waals surface area contributed by atoms with Crippen molar-refractivity contribution >= 4 is 5.91 Å². The second-order valence-corrected chi connectivity index (χ2v) is 7.50. The molecule has 3 rings (SSSR count). The first kappa shape index (κ1) is 18.1. The van der Waals surface area contributed by atoms with Crippen LogP contribution in [0.4, 0.5) is 0 Å². The minimum Gasteiger partial charge on any atom is -0.381 e. The highest BCUT2D eigenvalue weighted by Gasteiger charge is 2.39. The lowest BCUT2D eigenvalue weighted by molar-refractivity contribution is -0.139. The van der Waals surface area contributed by atoms with Gasteiger partial charge in [-0.1, -0.05) is 13.8 Å². The Kier molecular flexibility index (Phi) is 5.54. The van der Waals surface area contributed by atoms with Crippen molar-refractivity contribution in [1.82, 2.24) is 15.3 Å². The van der Waals surface area contributed by atoms with E-state index in [1.54, 1.807) is 6.07 Å². The van der Waals surface area contributed by atoms with Gasteiger partial charge in [0.15, 0.2) is 0 Å². The first-order valence-corrected chi connectivity index (χ1v) is 9.09. The van der Waals surface area contributed by atoms with E-state index in [1.807, 2.05) is 0 Å². The van der Waals surface area contributed by atoms with Crippen molar-refractivity contribution in [3.63, 3.8) is 0 Å². The van der Waals surface area contributed by atoms with Crippen LogP contribution in [0.15, 0.2) is 10.9 Å². The molecular weight excluding hydrogens is 322 g/mol. The summed E-state index contributed by atoms with van der Waals surface area (Å²) in [5, 5.41) is 3.04. The van der Waals surface area contributed by atoms with Crippen molar-refractivity contribution in [2.24, 2.45) is 5.92 Å². The molecule has 0 radical (unpaired) electrons. The van der Waals surface area contributed by atoms with Gasteiger partial charge in [-0.2, -0.15) is 4.98 Å². The molecule has 2 aliphatic rings. The van der Waals surface area contributed by atoms with Gasteiger partial charge >= 0.3 is 5.69 Å². The smallest absolute Gasteiger partial charge is 0.345 e. The molecule has 1 aromatic rings. The SMILES string of the molecule is CC(C)Cc1cc(C(=O)NC2CCOC3(CCOCC3)C2)nc(=O)[nH]1. The number of carbonyl (C=O) groups is 1. The Morgan fingerprint density at radius 2 is 2.16 bits per heavy atom. The number of rotatable bonds is 4. The van der Waals surface area contributed by atoms with Gasteiger partial charge in [0.2, 0.25) is 0 Å². The third-order valence-corrected chi connectivity index (χ3v) is 4.89. The van der Waals surface area contributed by atoms with Gasteiger partial charge in [0.25, 0.3) is 5.91 Å². The van der Waals surface area contributed by atoms with Gasteiger partial charge in [-0.15, -0.1) is 0 Å². The number of nitrogens with one attached hydrogen (secondary N) is 2. The molecule has 1 aromatic heterocycles. The number of nitrogens with zero attached hydrogens (tertiary/aromatic N) is 1. The summed E-state index contributed by atoms with van der Waals surface area (Å²) >= 11 is 0. The molecule has 0 aromatic carbocycles. The largest absolute Gasteiger partial charge is 0.381 e. The summed E-state index contributed by atoms with van der Waals surface area (Å²) in [7, 11) is 0. The summed E-state index contributed by atoms with van der Waals surface area (Å²) < 4.78 is 11.4. The quantitative estimate of drug-likeness (QED) is 0.858. The van der Waals surface area contributed by atoms with Gasteiger partial charge in [0.05, 0.1) is 5.60 Å². The average Bonchev–Trinajstić information content (AvgIpc) is 2.54. The summed E-state index contributed by atoms with van der Waals surface area (Å²) in [5.74, 6) is 0.100. The molecule has 2 saturated heterocycles. The van der Waals surface area contributed by atoms with Crippen molar-refractivity contribution < 1.29 is 14.3 Å². The number of ether oxygens (including phenoxy) is 2. The highest BCUT2D eigenvalue weighted by atomic mass is 16.5. The fraction of sp³-hybridized carbons (Fsp3) is 0.722. The zero-order valence-electron chi connectivity index (χ0n) is 15.0. The van der Waals surface area contributed by atoms with E-state index in [2.05, 4.69) is 29.1 Å². The van der Waals surface area contributed by atoms with E-state index in [9.17, 15) is 9.59 Å². The van der Waals surface area contributed by atoms with Crippen LogP contribution in [0.2, 0.25) is 0 Å². The molecule has 1 spiro atoms. The Bertz CT molecular complexity index is 659. The van der Waals surface area contributed by atoms with Crippen LogP contribution >= 0.6 is 0 Å². The van der Waals surface area contributed by atoms with Gasteiger partial charge in [0, 0.05) is 31.6 Å². The van der Waals surface area contributed by atoms with Crippen LogP contribution in [0.25, 0.3) is 0 Å². The molecule has 1 atom stereocenters. The minimum atomic E-state index is -0.476. The van der Waals surface area contributed by atoms with Crippen LogP contribution in [0.5, 0.6) is 0 Å². The molecule has 0 aliphatic carbocycles. The number of hydrogen-bond acceptors (Lipinski definition) is 5. The number of amides is 1. The van der Waals surface area contributed by atoms with E-state index in [4.69, 9.17) is 9.47 Å². The summed E-state index contributed by atoms with van der Waals surface area (Å²) in [5.41, 5.74) is 0.273. The molecule has 2 N–H and O–H groups in total. The molecular formula is C18H27N3O4. The van der Waals surface area contributed by atoms with Crippen LogP contribution in [0, 0.1) is 5.92 Å². The monoisotopic (exact) mass is 349 g/mol. The lowest BCUT2D eigenvalue weighted by Crippen LogP contribution is -2.51. The van der Waals surface area contributed by atoms with E-state index >= 15 is 0 Å². The van der Waals surface area contributed by atoms with Gasteiger partial charge in [0.1, 0.15) is 5.69 Å². The van der Waals surface area contributed by atoms with Crippen LogP contribution < -0.4 is 11.0 Å². The van der Waals surface area contributed by atoms with Crippen molar-refractivity contribution in [3.05, 3.63) is 27.9 Å². The molecule has 1 unspecified atom stereocenters. The standard InChI is InChI=1S/C18H27N3O4/c1-12(2)9-14-10-15(21-17(23)20-14)16(22)19-13-3-6-25-18(11-13)4-7-24-8-5-18/h10,12-13H,3-9,11H2,1-2H3,(H,19,22)(H,20,21,23). The Balaban J connectivity index is 1.67. The third-order valence-electron chi connectivity index (χ3n) is 4.89. The molecule has 25 heavy (non-hydrogen) atoms. The normalized spacial score (nSPS) is 22.9. The second-order valence-electron chi connectivity index (χ2n) is 7.50. The first-order valence-electron chi connectivity index (χ1n) is 9.09. The summed E-state index contributed by atoms with van der Waals surface area (Å²) in [6.45, 7) is 6.16. The third kappa shape index (κ3) is 4.67. The minimum absolute atomic E-state index is 0.0361. The first-order chi connectivity index (χ1) is 12.0. The molecule has 1 amide bonds. The van der Waals surface area contributed by atoms with Gasteiger partial charge in [-0.05, 0) is 44.1 Å². The second kappa shape index (κ2) is 7.66. The Labute approximate surface area is 147 Å². The predicted molar refractivity (Wildman–Crippen MR) is 92.6 cm³/mol. The van der Waals surface area contributed by atoms with Crippen molar-refractivity contribution in [2.75, 3.05) is 19.8 Å². The Hall–Kier alpha value is -1.73. The maximum atomic E-state index is 12.6. The van der Waals surface area contributed by atoms with Gasteiger partial charge in [-0.25, -0.2) is 4.79 Å². The van der Waals surface area contributed by atoms with Crippen molar-refractivity contribution in [2.45, 2.75) is 57.6 Å². The van der Waals surface area contributed by atoms with E-state index in [0.717, 1.165) is 31.4 Å². The van der Waals surface area contributed by atoms with Crippen LogP contribution in [-0.4, -0.2) is 47.3 Å². The number of hydrogen-bond donors (Lipinski definition) is 2. The lowest BCUT2D eigenvalue weighted by Gasteiger charge is -2.43. The van der Waals surface area contributed by atoms with Crippen molar-refractivity contribution in [3.8, 4) is 0 Å². The number of H-pyrrole nitrogens is 1. The molecule has 0 saturated carbocycles. The molecule has 2 aliphatic heterocycles. The van der Waals surface area contributed by atoms with Crippen LogP contribution in [-0.2, 0) is 15.9 Å².